The molecule has 0 aliphatic heterocycles. The minimum Gasteiger partial charge on any atom is -0.354 e. The molecule has 2 amide bonds. The van der Waals surface area contributed by atoms with Gasteiger partial charge in [-0.05, 0) is 56.2 Å². The van der Waals surface area contributed by atoms with E-state index in [0.29, 0.717) is 28.9 Å². The molecular formula is C29H32F3N3O4S. The lowest BCUT2D eigenvalue weighted by Gasteiger charge is -2.32. The summed E-state index contributed by atoms with van der Waals surface area (Å²) in [6.45, 7) is 4.71. The van der Waals surface area contributed by atoms with Crippen LogP contribution >= 0.6 is 0 Å². The maximum Gasteiger partial charge on any atom is 0.416 e. The highest BCUT2D eigenvalue weighted by Gasteiger charge is 2.35. The Balaban J connectivity index is 2.07. The number of aryl methyl sites for hydroxylation is 1. The Labute approximate surface area is 232 Å². The SMILES string of the molecule is CCCNC(=O)[C@H](C)N(Cc1ccccc1)C(=O)CN(c1cccc(C(F)(F)F)c1)S(=O)(=O)c1ccc(C)cc1. The van der Waals surface area contributed by atoms with Gasteiger partial charge in [-0.25, -0.2) is 8.42 Å². The summed E-state index contributed by atoms with van der Waals surface area (Å²) in [4.78, 5) is 27.7. The Morgan fingerprint density at radius 2 is 1.60 bits per heavy atom. The molecule has 0 saturated carbocycles. The van der Waals surface area contributed by atoms with Gasteiger partial charge in [0.2, 0.25) is 11.8 Å². The molecule has 3 rings (SSSR count). The quantitative estimate of drug-likeness (QED) is 0.343. The summed E-state index contributed by atoms with van der Waals surface area (Å²) < 4.78 is 68.8. The van der Waals surface area contributed by atoms with Crippen LogP contribution in [0.15, 0.2) is 83.8 Å². The van der Waals surface area contributed by atoms with Crippen LogP contribution in [0.4, 0.5) is 18.9 Å². The summed E-state index contributed by atoms with van der Waals surface area (Å²) in [6, 6.07) is 17.4. The molecule has 0 aliphatic carbocycles. The lowest BCUT2D eigenvalue weighted by atomic mass is 10.1. The van der Waals surface area contributed by atoms with Crippen LogP contribution in [0.2, 0.25) is 0 Å². The van der Waals surface area contributed by atoms with E-state index in [1.807, 2.05) is 6.92 Å². The van der Waals surface area contributed by atoms with Crippen molar-refractivity contribution < 1.29 is 31.2 Å². The molecule has 0 spiro atoms. The number of anilines is 1. The number of nitrogens with zero attached hydrogens (tertiary/aromatic N) is 2. The molecule has 0 radical (unpaired) electrons. The van der Waals surface area contributed by atoms with Gasteiger partial charge < -0.3 is 10.2 Å². The van der Waals surface area contributed by atoms with Gasteiger partial charge in [-0.2, -0.15) is 13.2 Å². The molecule has 1 atom stereocenters. The molecule has 40 heavy (non-hydrogen) atoms. The van der Waals surface area contributed by atoms with Crippen molar-refractivity contribution in [3.63, 3.8) is 0 Å². The molecule has 0 saturated heterocycles. The Bertz CT molecular complexity index is 1410. The summed E-state index contributed by atoms with van der Waals surface area (Å²) in [5.41, 5.74) is 0.0844. The molecule has 3 aromatic carbocycles. The molecule has 214 valence electrons. The van der Waals surface area contributed by atoms with E-state index < -0.39 is 46.2 Å². The topological polar surface area (TPSA) is 86.8 Å². The van der Waals surface area contributed by atoms with Crippen LogP contribution in [0.1, 0.15) is 37.0 Å². The zero-order valence-electron chi connectivity index (χ0n) is 22.5. The van der Waals surface area contributed by atoms with Crippen molar-refractivity contribution in [3.8, 4) is 0 Å². The van der Waals surface area contributed by atoms with E-state index in [0.717, 1.165) is 17.7 Å². The van der Waals surface area contributed by atoms with E-state index in [1.165, 1.54) is 30.0 Å². The van der Waals surface area contributed by atoms with E-state index in [1.54, 1.807) is 49.4 Å². The molecule has 0 fully saturated rings. The molecule has 0 heterocycles. The third kappa shape index (κ3) is 7.62. The Morgan fingerprint density at radius 1 is 0.950 bits per heavy atom. The lowest BCUT2D eigenvalue weighted by Crippen LogP contribution is -2.51. The predicted molar refractivity (Wildman–Crippen MR) is 147 cm³/mol. The molecule has 0 aliphatic rings. The zero-order valence-corrected chi connectivity index (χ0v) is 23.3. The van der Waals surface area contributed by atoms with Gasteiger partial charge in [0.15, 0.2) is 0 Å². The number of amides is 2. The molecule has 11 heteroatoms. The van der Waals surface area contributed by atoms with Crippen LogP contribution in [0.25, 0.3) is 0 Å². The standard InChI is InChI=1S/C29H32F3N3O4S/c1-4-17-33-28(37)22(3)34(19-23-9-6-5-7-10-23)27(36)20-35(25-12-8-11-24(18-25)29(30,31)32)40(38,39)26-15-13-21(2)14-16-26/h5-16,18,22H,4,17,19-20H2,1-3H3,(H,33,37)/t22-/m0/s1. The van der Waals surface area contributed by atoms with Gasteiger partial charge in [0.25, 0.3) is 10.0 Å². The number of hydrogen-bond acceptors (Lipinski definition) is 4. The van der Waals surface area contributed by atoms with E-state index >= 15 is 0 Å². The summed E-state index contributed by atoms with van der Waals surface area (Å²) >= 11 is 0. The average molecular weight is 576 g/mol. The lowest BCUT2D eigenvalue weighted by molar-refractivity contribution is -0.139. The largest absolute Gasteiger partial charge is 0.416 e. The molecular weight excluding hydrogens is 543 g/mol. The monoisotopic (exact) mass is 575 g/mol. The zero-order chi connectivity index (χ0) is 29.5. The number of alkyl halides is 3. The fraction of sp³-hybridized carbons (Fsp3) is 0.310. The van der Waals surface area contributed by atoms with Crippen LogP contribution in [0.3, 0.4) is 0 Å². The normalized spacial score (nSPS) is 12.4. The first-order valence-corrected chi connectivity index (χ1v) is 14.2. The second-order valence-corrected chi connectivity index (χ2v) is 11.2. The van der Waals surface area contributed by atoms with Crippen molar-refractivity contribution in [2.45, 2.75) is 50.9 Å². The number of benzene rings is 3. The van der Waals surface area contributed by atoms with Gasteiger partial charge in [0.05, 0.1) is 16.1 Å². The second kappa shape index (κ2) is 13.0. The number of sulfonamides is 1. The van der Waals surface area contributed by atoms with Crippen molar-refractivity contribution >= 4 is 27.5 Å². The number of carbonyl (C=O) groups is 2. The summed E-state index contributed by atoms with van der Waals surface area (Å²) in [5.74, 6) is -1.19. The van der Waals surface area contributed by atoms with Crippen LogP contribution in [0, 0.1) is 6.92 Å². The van der Waals surface area contributed by atoms with Crippen molar-refractivity contribution in [2.75, 3.05) is 17.4 Å². The summed E-state index contributed by atoms with van der Waals surface area (Å²) in [5, 5.41) is 2.73. The van der Waals surface area contributed by atoms with E-state index in [9.17, 15) is 31.2 Å². The highest BCUT2D eigenvalue weighted by Crippen LogP contribution is 2.33. The molecule has 3 aromatic rings. The third-order valence-corrected chi connectivity index (χ3v) is 8.05. The first-order valence-electron chi connectivity index (χ1n) is 12.7. The highest BCUT2D eigenvalue weighted by atomic mass is 32.2. The smallest absolute Gasteiger partial charge is 0.354 e. The van der Waals surface area contributed by atoms with Crippen LogP contribution in [0.5, 0.6) is 0 Å². The summed E-state index contributed by atoms with van der Waals surface area (Å²) in [7, 11) is -4.48. The Morgan fingerprint density at radius 3 is 2.20 bits per heavy atom. The van der Waals surface area contributed by atoms with Gasteiger partial charge >= 0.3 is 6.18 Å². The number of nitrogens with one attached hydrogen (secondary N) is 1. The number of carbonyl (C=O) groups excluding carboxylic acids is 2. The average Bonchev–Trinajstić information content (AvgIpc) is 2.93. The van der Waals surface area contributed by atoms with E-state index in [2.05, 4.69) is 5.32 Å². The predicted octanol–water partition coefficient (Wildman–Crippen LogP) is 5.15. The fourth-order valence-corrected chi connectivity index (χ4v) is 5.37. The molecule has 0 aromatic heterocycles. The maximum atomic E-state index is 13.8. The molecule has 7 nitrogen and oxygen atoms in total. The second-order valence-electron chi connectivity index (χ2n) is 9.35. The number of rotatable bonds is 11. The van der Waals surface area contributed by atoms with E-state index in [-0.39, 0.29) is 17.1 Å². The molecule has 0 unspecified atom stereocenters. The number of hydrogen-bond donors (Lipinski definition) is 1. The third-order valence-electron chi connectivity index (χ3n) is 6.26. The fourth-order valence-electron chi connectivity index (χ4n) is 3.96. The van der Waals surface area contributed by atoms with Crippen molar-refractivity contribution in [2.24, 2.45) is 0 Å². The van der Waals surface area contributed by atoms with Gasteiger partial charge in [0.1, 0.15) is 12.6 Å². The van der Waals surface area contributed by atoms with Crippen molar-refractivity contribution in [1.82, 2.24) is 10.2 Å². The minimum absolute atomic E-state index is 0.0125. The first kappa shape index (κ1) is 30.7. The van der Waals surface area contributed by atoms with Gasteiger partial charge in [-0.3, -0.25) is 13.9 Å². The first-order chi connectivity index (χ1) is 18.8. The minimum atomic E-state index is -4.73. The van der Waals surface area contributed by atoms with Crippen LogP contribution in [-0.4, -0.2) is 44.3 Å². The highest BCUT2D eigenvalue weighted by molar-refractivity contribution is 7.92. The Hall–Kier alpha value is -3.86. The van der Waals surface area contributed by atoms with Gasteiger partial charge in [-0.15, -0.1) is 0 Å². The van der Waals surface area contributed by atoms with Crippen molar-refractivity contribution in [1.29, 1.82) is 0 Å². The van der Waals surface area contributed by atoms with Gasteiger partial charge in [-0.1, -0.05) is 61.0 Å². The Kier molecular flexibility index (Phi) is 9.97. The summed E-state index contributed by atoms with van der Waals surface area (Å²) in [6.07, 6.45) is -4.06. The van der Waals surface area contributed by atoms with Crippen LogP contribution < -0.4 is 9.62 Å². The van der Waals surface area contributed by atoms with E-state index in [4.69, 9.17) is 0 Å². The van der Waals surface area contributed by atoms with Crippen molar-refractivity contribution in [3.05, 3.63) is 95.6 Å². The molecule has 0 bridgehead atoms. The number of halogens is 3. The molecule has 1 N–H and O–H groups in total. The van der Waals surface area contributed by atoms with Gasteiger partial charge in [0, 0.05) is 13.1 Å². The maximum absolute atomic E-state index is 13.8. The van der Waals surface area contributed by atoms with Crippen LogP contribution in [-0.2, 0) is 32.3 Å².